The van der Waals surface area contributed by atoms with E-state index < -0.39 is 0 Å². The number of hydrogen-bond acceptors (Lipinski definition) is 4. The molecule has 5 nitrogen and oxygen atoms in total. The summed E-state index contributed by atoms with van der Waals surface area (Å²) in [4.78, 5) is 20.6. The Morgan fingerprint density at radius 1 is 1.35 bits per heavy atom. The number of carbonyl (C=O) groups excluding carboxylic acids is 1. The number of nitrogens with zero attached hydrogens (tertiary/aromatic N) is 2. The molecule has 5 heteroatoms. The van der Waals surface area contributed by atoms with Gasteiger partial charge >= 0.3 is 0 Å². The minimum absolute atomic E-state index is 0.121. The van der Waals surface area contributed by atoms with Crippen molar-refractivity contribution in [2.24, 2.45) is 0 Å². The molecule has 2 aromatic heterocycles. The summed E-state index contributed by atoms with van der Waals surface area (Å²) in [5, 5.41) is 2.96. The first-order valence-corrected chi connectivity index (χ1v) is 6.81. The third-order valence-electron chi connectivity index (χ3n) is 3.18. The van der Waals surface area contributed by atoms with E-state index in [1.807, 2.05) is 32.9 Å². The topological polar surface area (TPSA) is 68.0 Å². The van der Waals surface area contributed by atoms with Crippen molar-refractivity contribution in [3.63, 3.8) is 0 Å². The molecular weight excluding hydrogens is 254 g/mol. The fourth-order valence-corrected chi connectivity index (χ4v) is 2.00. The Morgan fingerprint density at radius 2 is 2.15 bits per heavy atom. The van der Waals surface area contributed by atoms with Crippen molar-refractivity contribution in [2.45, 2.75) is 39.7 Å². The van der Waals surface area contributed by atoms with Crippen LogP contribution in [0.3, 0.4) is 0 Å². The molecule has 0 aliphatic rings. The fraction of sp³-hybridized carbons (Fsp3) is 0.400. The average Bonchev–Trinajstić information content (AvgIpc) is 2.94. The molecule has 2 rings (SSSR count). The van der Waals surface area contributed by atoms with E-state index in [9.17, 15) is 4.79 Å². The Balaban J connectivity index is 2.14. The van der Waals surface area contributed by atoms with E-state index >= 15 is 0 Å². The quantitative estimate of drug-likeness (QED) is 0.909. The highest BCUT2D eigenvalue weighted by Gasteiger charge is 2.19. The summed E-state index contributed by atoms with van der Waals surface area (Å²) in [5.74, 6) is 0.388. The van der Waals surface area contributed by atoms with Gasteiger partial charge in [0, 0.05) is 12.6 Å². The molecule has 106 valence electrons. The zero-order valence-electron chi connectivity index (χ0n) is 12.0. The minimum atomic E-state index is -0.218. The van der Waals surface area contributed by atoms with E-state index in [4.69, 9.17) is 4.42 Å². The van der Waals surface area contributed by atoms with Crippen LogP contribution in [0, 0.1) is 6.92 Å². The molecule has 0 fully saturated rings. The normalized spacial score (nSPS) is 12.2. The molecule has 0 aliphatic heterocycles. The van der Waals surface area contributed by atoms with E-state index in [2.05, 4.69) is 15.3 Å². The van der Waals surface area contributed by atoms with Gasteiger partial charge in [0.25, 0.3) is 5.91 Å². The van der Waals surface area contributed by atoms with E-state index in [0.717, 1.165) is 17.7 Å². The highest BCUT2D eigenvalue weighted by molar-refractivity contribution is 5.93. The number of aromatic nitrogens is 2. The molecule has 20 heavy (non-hydrogen) atoms. The van der Waals surface area contributed by atoms with Gasteiger partial charge in [0.1, 0.15) is 5.76 Å². The third-order valence-corrected chi connectivity index (χ3v) is 3.18. The average molecular weight is 273 g/mol. The first kappa shape index (κ1) is 14.2. The smallest absolute Gasteiger partial charge is 0.274 e. The van der Waals surface area contributed by atoms with Crippen LogP contribution >= 0.6 is 0 Å². The zero-order valence-corrected chi connectivity index (χ0v) is 12.0. The van der Waals surface area contributed by atoms with Gasteiger partial charge in [-0.3, -0.25) is 9.78 Å². The molecule has 0 aromatic carbocycles. The molecule has 0 saturated heterocycles. The SMILES string of the molecule is CCc1ocnc1C(=O)N[C@H](CC)c1ccc(C)cn1. The lowest BCUT2D eigenvalue weighted by molar-refractivity contribution is 0.0928. The molecule has 0 spiro atoms. The van der Waals surface area contributed by atoms with Gasteiger partial charge in [-0.1, -0.05) is 19.9 Å². The largest absolute Gasteiger partial charge is 0.448 e. The Bertz CT molecular complexity index is 575. The van der Waals surface area contributed by atoms with Crippen LogP contribution in [0.2, 0.25) is 0 Å². The molecule has 0 radical (unpaired) electrons. The summed E-state index contributed by atoms with van der Waals surface area (Å²) >= 11 is 0. The highest BCUT2D eigenvalue weighted by atomic mass is 16.3. The van der Waals surface area contributed by atoms with Crippen LogP contribution in [-0.2, 0) is 6.42 Å². The van der Waals surface area contributed by atoms with Crippen LogP contribution in [0.4, 0.5) is 0 Å². The van der Waals surface area contributed by atoms with Gasteiger partial charge in [-0.15, -0.1) is 0 Å². The van der Waals surface area contributed by atoms with Crippen molar-refractivity contribution in [1.82, 2.24) is 15.3 Å². The lowest BCUT2D eigenvalue weighted by atomic mass is 10.1. The maximum Gasteiger partial charge on any atom is 0.274 e. The van der Waals surface area contributed by atoms with E-state index in [0.29, 0.717) is 17.9 Å². The number of pyridine rings is 1. The van der Waals surface area contributed by atoms with Crippen LogP contribution in [0.5, 0.6) is 0 Å². The zero-order chi connectivity index (χ0) is 14.5. The first-order chi connectivity index (χ1) is 9.65. The van der Waals surface area contributed by atoms with Gasteiger partial charge in [-0.2, -0.15) is 0 Å². The van der Waals surface area contributed by atoms with Crippen molar-refractivity contribution in [1.29, 1.82) is 0 Å². The number of rotatable bonds is 5. The molecule has 2 aromatic rings. The predicted molar refractivity (Wildman–Crippen MR) is 75.4 cm³/mol. The van der Waals surface area contributed by atoms with E-state index in [1.165, 1.54) is 6.39 Å². The van der Waals surface area contributed by atoms with Crippen LogP contribution in [0.15, 0.2) is 29.1 Å². The van der Waals surface area contributed by atoms with Gasteiger partial charge in [-0.05, 0) is 25.0 Å². The number of amides is 1. The van der Waals surface area contributed by atoms with E-state index in [-0.39, 0.29) is 11.9 Å². The van der Waals surface area contributed by atoms with Gasteiger partial charge in [0.2, 0.25) is 0 Å². The third kappa shape index (κ3) is 3.04. The molecular formula is C15H19N3O2. The van der Waals surface area contributed by atoms with Crippen LogP contribution in [0.1, 0.15) is 53.8 Å². The summed E-state index contributed by atoms with van der Waals surface area (Å²) in [6.45, 7) is 5.92. The van der Waals surface area contributed by atoms with Gasteiger partial charge in [0.05, 0.1) is 11.7 Å². The summed E-state index contributed by atoms with van der Waals surface area (Å²) in [5.41, 5.74) is 2.31. The fourth-order valence-electron chi connectivity index (χ4n) is 2.00. The number of hydrogen-bond donors (Lipinski definition) is 1. The standard InChI is InChI=1S/C15H19N3O2/c1-4-11(12-7-6-10(3)8-16-12)18-15(19)14-13(5-2)20-9-17-14/h6-9,11H,4-5H2,1-3H3,(H,18,19)/t11-/m1/s1. The van der Waals surface area contributed by atoms with Crippen molar-refractivity contribution in [3.05, 3.63) is 47.4 Å². The Kier molecular flexibility index (Phi) is 4.50. The van der Waals surface area contributed by atoms with Gasteiger partial charge in [0.15, 0.2) is 12.1 Å². The van der Waals surface area contributed by atoms with Gasteiger partial charge in [-0.25, -0.2) is 4.98 Å². The second kappa shape index (κ2) is 6.32. The van der Waals surface area contributed by atoms with Crippen LogP contribution in [-0.4, -0.2) is 15.9 Å². The maximum absolute atomic E-state index is 12.2. The molecule has 1 amide bonds. The summed E-state index contributed by atoms with van der Waals surface area (Å²) < 4.78 is 5.18. The summed E-state index contributed by atoms with van der Waals surface area (Å²) in [6, 6.07) is 3.81. The van der Waals surface area contributed by atoms with E-state index in [1.54, 1.807) is 6.20 Å². The van der Waals surface area contributed by atoms with Gasteiger partial charge < -0.3 is 9.73 Å². The van der Waals surface area contributed by atoms with Crippen LogP contribution in [0.25, 0.3) is 0 Å². The van der Waals surface area contributed by atoms with Crippen molar-refractivity contribution < 1.29 is 9.21 Å². The Morgan fingerprint density at radius 3 is 2.75 bits per heavy atom. The second-order valence-corrected chi connectivity index (χ2v) is 4.67. The molecule has 1 atom stereocenters. The number of carbonyl (C=O) groups is 1. The lowest BCUT2D eigenvalue weighted by Crippen LogP contribution is -2.29. The molecule has 0 bridgehead atoms. The maximum atomic E-state index is 12.2. The minimum Gasteiger partial charge on any atom is -0.448 e. The molecule has 0 saturated carbocycles. The summed E-state index contributed by atoms with van der Waals surface area (Å²) in [6.07, 6.45) is 4.51. The lowest BCUT2D eigenvalue weighted by Gasteiger charge is -2.16. The molecule has 1 N–H and O–H groups in total. The predicted octanol–water partition coefficient (Wildman–Crippen LogP) is 2.82. The first-order valence-electron chi connectivity index (χ1n) is 6.81. The van der Waals surface area contributed by atoms with Crippen molar-refractivity contribution in [2.75, 3.05) is 0 Å². The molecule has 2 heterocycles. The molecule has 0 unspecified atom stereocenters. The summed E-state index contributed by atoms with van der Waals surface area (Å²) in [7, 11) is 0. The monoisotopic (exact) mass is 273 g/mol. The van der Waals surface area contributed by atoms with Crippen molar-refractivity contribution in [3.8, 4) is 0 Å². The Labute approximate surface area is 118 Å². The highest BCUT2D eigenvalue weighted by Crippen LogP contribution is 2.16. The number of aryl methyl sites for hydroxylation is 2. The Hall–Kier alpha value is -2.17. The molecule has 0 aliphatic carbocycles. The van der Waals surface area contributed by atoms with Crippen LogP contribution < -0.4 is 5.32 Å². The second-order valence-electron chi connectivity index (χ2n) is 4.67. The number of oxazole rings is 1. The number of nitrogens with one attached hydrogen (secondary N) is 1. The van der Waals surface area contributed by atoms with Crippen molar-refractivity contribution >= 4 is 5.91 Å².